The number of halogens is 2. The molecule has 0 bridgehead atoms. The molecule has 1 N–H and O–H groups in total. The lowest BCUT2D eigenvalue weighted by Gasteiger charge is -2.33. The number of aryl methyl sites for hydroxylation is 1. The minimum absolute atomic E-state index is 0.0558. The smallest absolute Gasteiger partial charge is 0.264 e. The monoisotopic (exact) mass is 617 g/mol. The Morgan fingerprint density at radius 2 is 1.49 bits per heavy atom. The lowest BCUT2D eigenvalue weighted by Crippen LogP contribution is -2.52. The summed E-state index contributed by atoms with van der Waals surface area (Å²) in [6.45, 7) is 9.31. The summed E-state index contributed by atoms with van der Waals surface area (Å²) in [7, 11) is -4.15. The van der Waals surface area contributed by atoms with Gasteiger partial charge in [-0.05, 0) is 68.1 Å². The van der Waals surface area contributed by atoms with Gasteiger partial charge in [-0.3, -0.25) is 13.9 Å². The van der Waals surface area contributed by atoms with Gasteiger partial charge in [-0.1, -0.05) is 79.9 Å². The Labute approximate surface area is 253 Å². The van der Waals surface area contributed by atoms with Crippen LogP contribution in [0.4, 0.5) is 5.69 Å². The van der Waals surface area contributed by atoms with Crippen LogP contribution in [0.1, 0.15) is 56.7 Å². The molecule has 3 aromatic rings. The summed E-state index contributed by atoms with van der Waals surface area (Å²) in [4.78, 5) is 28.6. The quantitative estimate of drug-likeness (QED) is 0.249. The molecule has 0 fully saturated rings. The number of carbonyl (C=O) groups is 2. The molecule has 0 aliphatic heterocycles. The fourth-order valence-electron chi connectivity index (χ4n) is 4.46. The van der Waals surface area contributed by atoms with E-state index in [2.05, 4.69) is 5.32 Å². The van der Waals surface area contributed by atoms with Crippen LogP contribution in [0.3, 0.4) is 0 Å². The van der Waals surface area contributed by atoms with Gasteiger partial charge in [0.1, 0.15) is 12.6 Å². The average Bonchev–Trinajstić information content (AvgIpc) is 2.93. The first-order valence-corrected chi connectivity index (χ1v) is 15.8. The molecule has 0 aliphatic rings. The van der Waals surface area contributed by atoms with E-state index >= 15 is 0 Å². The molecular formula is C31H37Cl2N3O4S. The number of hydrogen-bond acceptors (Lipinski definition) is 4. The van der Waals surface area contributed by atoms with Gasteiger partial charge >= 0.3 is 0 Å². The van der Waals surface area contributed by atoms with Crippen molar-refractivity contribution in [2.24, 2.45) is 0 Å². The van der Waals surface area contributed by atoms with Crippen LogP contribution in [0.2, 0.25) is 10.0 Å². The Hall–Kier alpha value is -3.07. The molecule has 41 heavy (non-hydrogen) atoms. The van der Waals surface area contributed by atoms with E-state index in [-0.39, 0.29) is 23.3 Å². The highest BCUT2D eigenvalue weighted by molar-refractivity contribution is 7.92. The first-order valence-electron chi connectivity index (χ1n) is 13.6. The van der Waals surface area contributed by atoms with Gasteiger partial charge in [-0.25, -0.2) is 8.42 Å². The molecule has 0 aromatic heterocycles. The van der Waals surface area contributed by atoms with Crippen molar-refractivity contribution >= 4 is 50.7 Å². The van der Waals surface area contributed by atoms with Gasteiger partial charge in [0, 0.05) is 28.7 Å². The van der Waals surface area contributed by atoms with Gasteiger partial charge in [0.25, 0.3) is 10.0 Å². The van der Waals surface area contributed by atoms with Crippen molar-refractivity contribution in [3.05, 3.63) is 93.5 Å². The van der Waals surface area contributed by atoms with Crippen LogP contribution in [0.5, 0.6) is 0 Å². The molecular weight excluding hydrogens is 581 g/mol. The zero-order chi connectivity index (χ0) is 30.3. The predicted octanol–water partition coefficient (Wildman–Crippen LogP) is 6.56. The number of amides is 2. The van der Waals surface area contributed by atoms with Gasteiger partial charge in [0.2, 0.25) is 11.8 Å². The second-order valence-corrected chi connectivity index (χ2v) is 12.8. The van der Waals surface area contributed by atoms with E-state index in [4.69, 9.17) is 23.2 Å². The first-order chi connectivity index (χ1) is 19.4. The summed E-state index contributed by atoms with van der Waals surface area (Å²) in [5, 5.41) is 3.46. The molecule has 0 heterocycles. The van der Waals surface area contributed by atoms with E-state index < -0.39 is 28.5 Å². The Morgan fingerprint density at radius 3 is 2.00 bits per heavy atom. The maximum atomic E-state index is 14.1. The van der Waals surface area contributed by atoms with Gasteiger partial charge in [0.15, 0.2) is 0 Å². The average molecular weight is 619 g/mol. The number of sulfonamides is 1. The molecule has 220 valence electrons. The highest BCUT2D eigenvalue weighted by atomic mass is 35.5. The maximum Gasteiger partial charge on any atom is 0.264 e. The van der Waals surface area contributed by atoms with E-state index in [1.807, 2.05) is 32.9 Å². The zero-order valence-electron chi connectivity index (χ0n) is 24.0. The van der Waals surface area contributed by atoms with Crippen molar-refractivity contribution in [2.75, 3.05) is 17.4 Å². The molecule has 0 aliphatic carbocycles. The normalized spacial score (nSPS) is 12.2. The minimum atomic E-state index is -4.15. The zero-order valence-corrected chi connectivity index (χ0v) is 26.4. The second kappa shape index (κ2) is 14.2. The molecule has 1 atom stereocenters. The summed E-state index contributed by atoms with van der Waals surface area (Å²) in [5.74, 6) is -0.672. The van der Waals surface area contributed by atoms with Crippen molar-refractivity contribution in [3.63, 3.8) is 0 Å². The Bertz CT molecular complexity index is 1440. The summed E-state index contributed by atoms with van der Waals surface area (Å²) in [6, 6.07) is 17.7. The number of carbonyl (C=O) groups excluding carboxylic acids is 2. The van der Waals surface area contributed by atoms with Gasteiger partial charge in [0.05, 0.1) is 10.6 Å². The largest absolute Gasteiger partial charge is 0.355 e. The van der Waals surface area contributed by atoms with Gasteiger partial charge < -0.3 is 10.2 Å². The Morgan fingerprint density at radius 1 is 0.902 bits per heavy atom. The number of likely N-dealkylation sites (N-methyl/N-ethyl adjacent to an activating group) is 1. The van der Waals surface area contributed by atoms with E-state index in [0.29, 0.717) is 34.3 Å². The third-order valence-corrected chi connectivity index (χ3v) is 9.36. The standard InChI is InChI=1S/C31H37Cl2N3O4S/c1-6-29(31(38)34-7-2)35(19-26-27(32)9-8-10-28(26)33)30(37)20-36(24-15-13-23(14-16-24)21(3)4)41(39,40)25-17-11-22(5)12-18-25/h8-18,21,29H,6-7,19-20H2,1-5H3,(H,34,38)/t29-/m1/s1. The van der Waals surface area contributed by atoms with Gasteiger partial charge in [-0.15, -0.1) is 0 Å². The van der Waals surface area contributed by atoms with E-state index in [0.717, 1.165) is 15.4 Å². The molecule has 3 aromatic carbocycles. The second-order valence-electron chi connectivity index (χ2n) is 10.1. The number of nitrogens with zero attached hydrogens (tertiary/aromatic N) is 2. The van der Waals surface area contributed by atoms with Crippen LogP contribution < -0.4 is 9.62 Å². The molecule has 2 amide bonds. The molecule has 0 saturated carbocycles. The number of rotatable bonds is 12. The predicted molar refractivity (Wildman–Crippen MR) is 166 cm³/mol. The fraction of sp³-hybridized carbons (Fsp3) is 0.355. The van der Waals surface area contributed by atoms with Crippen molar-refractivity contribution in [2.45, 2.75) is 64.4 Å². The first kappa shape index (κ1) is 32.4. The summed E-state index contributed by atoms with van der Waals surface area (Å²) >= 11 is 12.9. The highest BCUT2D eigenvalue weighted by Gasteiger charge is 2.34. The van der Waals surface area contributed by atoms with Crippen LogP contribution in [0.15, 0.2) is 71.6 Å². The summed E-state index contributed by atoms with van der Waals surface area (Å²) < 4.78 is 29.1. The fourth-order valence-corrected chi connectivity index (χ4v) is 6.39. The van der Waals surface area contributed by atoms with Crippen molar-refractivity contribution < 1.29 is 18.0 Å². The number of anilines is 1. The SMILES string of the molecule is CCNC(=O)[C@@H](CC)N(Cc1c(Cl)cccc1Cl)C(=O)CN(c1ccc(C(C)C)cc1)S(=O)(=O)c1ccc(C)cc1. The molecule has 7 nitrogen and oxygen atoms in total. The molecule has 10 heteroatoms. The minimum Gasteiger partial charge on any atom is -0.355 e. The van der Waals surface area contributed by atoms with Crippen LogP contribution in [0.25, 0.3) is 0 Å². The van der Waals surface area contributed by atoms with Gasteiger partial charge in [-0.2, -0.15) is 0 Å². The van der Waals surface area contributed by atoms with Crippen molar-refractivity contribution in [1.82, 2.24) is 10.2 Å². The number of nitrogens with one attached hydrogen (secondary N) is 1. The third kappa shape index (κ3) is 7.82. The molecule has 0 unspecified atom stereocenters. The molecule has 0 radical (unpaired) electrons. The van der Waals surface area contributed by atoms with E-state index in [1.165, 1.54) is 17.0 Å². The highest BCUT2D eigenvalue weighted by Crippen LogP contribution is 2.29. The lowest BCUT2D eigenvalue weighted by atomic mass is 10.0. The van der Waals surface area contributed by atoms with Crippen LogP contribution in [0, 0.1) is 6.92 Å². The number of benzene rings is 3. The molecule has 3 rings (SSSR count). The molecule has 0 spiro atoms. The lowest BCUT2D eigenvalue weighted by molar-refractivity contribution is -0.140. The van der Waals surface area contributed by atoms with Crippen molar-refractivity contribution in [1.29, 1.82) is 0 Å². The summed E-state index contributed by atoms with van der Waals surface area (Å²) in [5.41, 5.74) is 2.75. The Balaban J connectivity index is 2.11. The number of hydrogen-bond donors (Lipinski definition) is 1. The topological polar surface area (TPSA) is 86.8 Å². The van der Waals surface area contributed by atoms with E-state index in [9.17, 15) is 18.0 Å². The van der Waals surface area contributed by atoms with Crippen LogP contribution >= 0.6 is 23.2 Å². The Kier molecular flexibility index (Phi) is 11.2. The van der Waals surface area contributed by atoms with Crippen molar-refractivity contribution in [3.8, 4) is 0 Å². The summed E-state index contributed by atoms with van der Waals surface area (Å²) in [6.07, 6.45) is 0.299. The maximum absolute atomic E-state index is 14.1. The third-order valence-electron chi connectivity index (χ3n) is 6.86. The van der Waals surface area contributed by atoms with Crippen LogP contribution in [-0.2, 0) is 26.2 Å². The van der Waals surface area contributed by atoms with E-state index in [1.54, 1.807) is 56.3 Å². The van der Waals surface area contributed by atoms with Crippen LogP contribution in [-0.4, -0.2) is 44.3 Å². The molecule has 0 saturated heterocycles.